The monoisotopic (exact) mass is 585 g/mol. The van der Waals surface area contributed by atoms with Gasteiger partial charge in [-0.05, 0) is 45.5 Å². The van der Waals surface area contributed by atoms with Gasteiger partial charge in [-0.25, -0.2) is 0 Å². The number of hydrogen-bond acceptors (Lipinski definition) is 1. The summed E-state index contributed by atoms with van der Waals surface area (Å²) in [5.41, 5.74) is 9.89. The summed E-state index contributed by atoms with van der Waals surface area (Å²) in [5.74, 6) is 0. The van der Waals surface area contributed by atoms with Gasteiger partial charge in [0, 0.05) is 38.1 Å². The molecule has 0 bridgehead atoms. The number of furan rings is 1. The van der Waals surface area contributed by atoms with Crippen LogP contribution < -0.4 is 0 Å². The van der Waals surface area contributed by atoms with Crippen LogP contribution in [-0.2, 0) is 0 Å². The van der Waals surface area contributed by atoms with Crippen LogP contribution in [0.3, 0.4) is 0 Å². The summed E-state index contributed by atoms with van der Waals surface area (Å²) < 4.78 is 9.26. The minimum absolute atomic E-state index is 0.916. The van der Waals surface area contributed by atoms with Crippen molar-refractivity contribution in [2.45, 2.75) is 0 Å². The molecule has 10 rings (SSSR count). The fraction of sp³-hybridized carbons (Fsp3) is 0. The Balaban J connectivity index is 1.27. The van der Waals surface area contributed by atoms with Gasteiger partial charge < -0.3 is 8.98 Å². The quantitative estimate of drug-likeness (QED) is 0.189. The summed E-state index contributed by atoms with van der Waals surface area (Å²) in [5, 5.41) is 9.76. The molecule has 8 aromatic carbocycles. The summed E-state index contributed by atoms with van der Waals surface area (Å²) in [6.45, 7) is 0. The lowest BCUT2D eigenvalue weighted by Crippen LogP contribution is -1.96. The molecule has 0 aliphatic carbocycles. The predicted molar refractivity (Wildman–Crippen MR) is 194 cm³/mol. The van der Waals surface area contributed by atoms with E-state index >= 15 is 0 Å². The number of hydrogen-bond donors (Lipinski definition) is 0. The first-order chi connectivity index (χ1) is 22.8. The Kier molecular flexibility index (Phi) is 5.31. The van der Waals surface area contributed by atoms with E-state index in [-0.39, 0.29) is 0 Å². The first kappa shape index (κ1) is 25.2. The Morgan fingerprint density at radius 1 is 0.348 bits per heavy atom. The van der Waals surface area contributed by atoms with Crippen molar-refractivity contribution in [3.63, 3.8) is 0 Å². The molecule has 10 aromatic rings. The summed E-state index contributed by atoms with van der Waals surface area (Å²) >= 11 is 0. The van der Waals surface area contributed by atoms with Crippen LogP contribution in [0, 0.1) is 0 Å². The lowest BCUT2D eigenvalue weighted by Gasteiger charge is -2.14. The van der Waals surface area contributed by atoms with Crippen LogP contribution in [-0.4, -0.2) is 4.57 Å². The number of rotatable bonds is 3. The second kappa shape index (κ2) is 9.69. The maximum absolute atomic E-state index is 6.81. The van der Waals surface area contributed by atoms with Gasteiger partial charge >= 0.3 is 0 Å². The maximum Gasteiger partial charge on any atom is 0.143 e. The minimum Gasteiger partial charge on any atom is -0.455 e. The van der Waals surface area contributed by atoms with Crippen LogP contribution in [0.2, 0.25) is 0 Å². The highest BCUT2D eigenvalue weighted by molar-refractivity contribution is 6.17. The molecule has 2 nitrogen and oxygen atoms in total. The van der Waals surface area contributed by atoms with E-state index in [4.69, 9.17) is 4.42 Å². The topological polar surface area (TPSA) is 18.1 Å². The molecule has 2 heterocycles. The van der Waals surface area contributed by atoms with Crippen LogP contribution in [0.1, 0.15) is 0 Å². The van der Waals surface area contributed by atoms with E-state index in [1.54, 1.807) is 0 Å². The van der Waals surface area contributed by atoms with Crippen LogP contribution in [0.5, 0.6) is 0 Å². The van der Waals surface area contributed by atoms with Gasteiger partial charge in [0.05, 0.1) is 16.7 Å². The van der Waals surface area contributed by atoms with Gasteiger partial charge in [0.2, 0.25) is 0 Å². The molecule has 0 spiro atoms. The van der Waals surface area contributed by atoms with Gasteiger partial charge in [0.1, 0.15) is 11.2 Å². The zero-order valence-electron chi connectivity index (χ0n) is 24.9. The van der Waals surface area contributed by atoms with E-state index in [0.717, 1.165) is 44.2 Å². The van der Waals surface area contributed by atoms with Crippen molar-refractivity contribution >= 4 is 65.3 Å². The molecule has 0 unspecified atom stereocenters. The van der Waals surface area contributed by atoms with E-state index in [1.807, 2.05) is 0 Å². The molecule has 0 fully saturated rings. The Labute approximate surface area is 265 Å². The highest BCUT2D eigenvalue weighted by Gasteiger charge is 2.19. The molecule has 46 heavy (non-hydrogen) atoms. The number of aromatic nitrogens is 1. The second-order valence-electron chi connectivity index (χ2n) is 12.1. The second-order valence-corrected chi connectivity index (χ2v) is 12.1. The third kappa shape index (κ3) is 3.59. The lowest BCUT2D eigenvalue weighted by atomic mass is 9.99. The van der Waals surface area contributed by atoms with Gasteiger partial charge in [0.15, 0.2) is 0 Å². The molecule has 0 aliphatic rings. The van der Waals surface area contributed by atoms with Gasteiger partial charge in [-0.1, -0.05) is 146 Å². The van der Waals surface area contributed by atoms with Crippen molar-refractivity contribution in [1.82, 2.24) is 4.57 Å². The summed E-state index contributed by atoms with van der Waals surface area (Å²) in [4.78, 5) is 0. The van der Waals surface area contributed by atoms with Crippen molar-refractivity contribution in [2.75, 3.05) is 0 Å². The van der Waals surface area contributed by atoms with Crippen LogP contribution >= 0.6 is 0 Å². The van der Waals surface area contributed by atoms with Gasteiger partial charge in [-0.15, -0.1) is 0 Å². The number of fused-ring (bicyclic) bond motifs is 9. The highest BCUT2D eigenvalue weighted by Crippen LogP contribution is 2.42. The Hall–Kier alpha value is -6.12. The molecular formula is C44H27NO. The van der Waals surface area contributed by atoms with E-state index in [9.17, 15) is 0 Å². The standard InChI is InChI=1S/C44H27NO/c1-2-12-28(13-3-1)32-19-10-21-38-39-22-11-20-33(44(39)46-43(32)38)30-24-25-37-36-18-8-9-23-40(36)45(42(37)27-30)41-26-29-14-4-5-15-31(29)34-16-6-7-17-35(34)41/h1-27H. The third-order valence-corrected chi connectivity index (χ3v) is 9.58. The first-order valence-corrected chi connectivity index (χ1v) is 15.8. The van der Waals surface area contributed by atoms with Gasteiger partial charge in [-0.3, -0.25) is 0 Å². The minimum atomic E-state index is 0.916. The molecule has 0 N–H and O–H groups in total. The number of nitrogens with zero attached hydrogens (tertiary/aromatic N) is 1. The van der Waals surface area contributed by atoms with Crippen LogP contribution in [0.15, 0.2) is 168 Å². The molecule has 214 valence electrons. The molecule has 0 saturated heterocycles. The maximum atomic E-state index is 6.81. The molecule has 0 amide bonds. The lowest BCUT2D eigenvalue weighted by molar-refractivity contribution is 0.671. The SMILES string of the molecule is c1ccc(-c2cccc3c2oc2c(-c4ccc5c6ccccc6n(-c6cc7ccccc7c7ccccc67)c5c4)cccc23)cc1. The van der Waals surface area contributed by atoms with E-state index < -0.39 is 0 Å². The normalized spacial score (nSPS) is 11.9. The Morgan fingerprint density at radius 2 is 0.935 bits per heavy atom. The van der Waals surface area contributed by atoms with Gasteiger partial charge in [0.25, 0.3) is 0 Å². The van der Waals surface area contributed by atoms with Crippen molar-refractivity contribution in [3.05, 3.63) is 164 Å². The zero-order valence-corrected chi connectivity index (χ0v) is 24.9. The Morgan fingerprint density at radius 3 is 1.72 bits per heavy atom. The van der Waals surface area contributed by atoms with Crippen molar-refractivity contribution < 1.29 is 4.42 Å². The van der Waals surface area contributed by atoms with Crippen LogP contribution in [0.4, 0.5) is 0 Å². The molecule has 2 heteroatoms. The number of para-hydroxylation sites is 3. The predicted octanol–water partition coefficient (Wildman–Crippen LogP) is 12.3. The molecular weight excluding hydrogens is 558 g/mol. The molecule has 0 radical (unpaired) electrons. The van der Waals surface area contributed by atoms with E-state index in [2.05, 4.69) is 168 Å². The van der Waals surface area contributed by atoms with Crippen molar-refractivity contribution in [2.24, 2.45) is 0 Å². The summed E-state index contributed by atoms with van der Waals surface area (Å²) in [6, 6.07) is 58.9. The number of benzene rings is 8. The molecule has 2 aromatic heterocycles. The molecule has 0 saturated carbocycles. The average Bonchev–Trinajstić information content (AvgIpc) is 3.67. The summed E-state index contributed by atoms with van der Waals surface area (Å²) in [6.07, 6.45) is 0. The van der Waals surface area contributed by atoms with Crippen LogP contribution in [0.25, 0.3) is 93.2 Å². The third-order valence-electron chi connectivity index (χ3n) is 9.58. The molecule has 0 aliphatic heterocycles. The fourth-order valence-electron chi connectivity index (χ4n) is 7.51. The fourth-order valence-corrected chi connectivity index (χ4v) is 7.51. The van der Waals surface area contributed by atoms with E-state index in [1.165, 1.54) is 49.0 Å². The Bertz CT molecular complexity index is 2800. The smallest absolute Gasteiger partial charge is 0.143 e. The highest BCUT2D eigenvalue weighted by atomic mass is 16.3. The zero-order chi connectivity index (χ0) is 30.2. The van der Waals surface area contributed by atoms with Crippen molar-refractivity contribution in [3.8, 4) is 27.9 Å². The van der Waals surface area contributed by atoms with Crippen molar-refractivity contribution in [1.29, 1.82) is 0 Å². The average molecular weight is 586 g/mol. The largest absolute Gasteiger partial charge is 0.455 e. The van der Waals surface area contributed by atoms with Gasteiger partial charge in [-0.2, -0.15) is 0 Å². The first-order valence-electron chi connectivity index (χ1n) is 15.8. The van der Waals surface area contributed by atoms with E-state index in [0.29, 0.717) is 0 Å². The summed E-state index contributed by atoms with van der Waals surface area (Å²) in [7, 11) is 0. The molecule has 0 atom stereocenters.